The summed E-state index contributed by atoms with van der Waals surface area (Å²) >= 11 is 0. The van der Waals surface area contributed by atoms with Gasteiger partial charge in [-0.15, -0.1) is 0 Å². The van der Waals surface area contributed by atoms with Crippen molar-refractivity contribution in [1.82, 2.24) is 26.0 Å². The van der Waals surface area contributed by atoms with Gasteiger partial charge in [0.25, 0.3) is 5.91 Å². The van der Waals surface area contributed by atoms with Gasteiger partial charge in [0.05, 0.1) is 5.75 Å². The van der Waals surface area contributed by atoms with Gasteiger partial charge in [0, 0.05) is 13.0 Å². The highest BCUT2D eigenvalue weighted by atomic mass is 32.2. The van der Waals surface area contributed by atoms with Crippen molar-refractivity contribution < 1.29 is 28.0 Å². The molecule has 0 spiro atoms. The SMILES string of the molecule is CCCCS(=O)(=O)NC(CCCCCNC1NC=CCN1)(NC(=O)C1=NOCC1)C(=O)O. The third kappa shape index (κ3) is 8.37. The molecule has 1 amide bonds. The smallest absolute Gasteiger partial charge is 0.345 e. The van der Waals surface area contributed by atoms with Gasteiger partial charge in [-0.1, -0.05) is 31.0 Å². The molecular weight excluding hydrogens is 440 g/mol. The summed E-state index contributed by atoms with van der Waals surface area (Å²) in [6, 6.07) is 0. The predicted octanol–water partition coefficient (Wildman–Crippen LogP) is -0.481. The van der Waals surface area contributed by atoms with E-state index in [1.54, 1.807) is 0 Å². The highest BCUT2D eigenvalue weighted by molar-refractivity contribution is 7.89. The summed E-state index contributed by atoms with van der Waals surface area (Å²) in [6.07, 6.45) is 6.71. The third-order valence-corrected chi connectivity index (χ3v) is 6.54. The maximum atomic E-state index is 12.5. The molecule has 2 heterocycles. The molecule has 0 aromatic heterocycles. The Kier molecular flexibility index (Phi) is 10.4. The van der Waals surface area contributed by atoms with Gasteiger partial charge >= 0.3 is 5.97 Å². The summed E-state index contributed by atoms with van der Waals surface area (Å²) in [7, 11) is -3.93. The number of carbonyl (C=O) groups excluding carboxylic acids is 1. The lowest BCUT2D eigenvalue weighted by molar-refractivity contribution is -0.148. The fourth-order valence-corrected chi connectivity index (χ4v) is 4.81. The van der Waals surface area contributed by atoms with E-state index in [1.165, 1.54) is 0 Å². The molecule has 182 valence electrons. The van der Waals surface area contributed by atoms with Crippen LogP contribution in [0, 0.1) is 0 Å². The fourth-order valence-electron chi connectivity index (χ4n) is 3.26. The largest absolute Gasteiger partial charge is 0.478 e. The Morgan fingerprint density at radius 2 is 2.12 bits per heavy atom. The van der Waals surface area contributed by atoms with Crippen molar-refractivity contribution in [2.24, 2.45) is 5.16 Å². The highest BCUT2D eigenvalue weighted by Gasteiger charge is 2.44. The van der Waals surface area contributed by atoms with E-state index in [9.17, 15) is 23.1 Å². The van der Waals surface area contributed by atoms with Crippen molar-refractivity contribution in [2.75, 3.05) is 25.4 Å². The number of aliphatic carboxylic acids is 1. The van der Waals surface area contributed by atoms with Gasteiger partial charge < -0.3 is 20.6 Å². The zero-order chi connectivity index (χ0) is 23.5. The van der Waals surface area contributed by atoms with Gasteiger partial charge in [-0.25, -0.2) is 13.2 Å². The number of carboxylic acids is 1. The second kappa shape index (κ2) is 12.7. The van der Waals surface area contributed by atoms with Crippen molar-refractivity contribution in [3.63, 3.8) is 0 Å². The molecule has 2 aliphatic heterocycles. The molecule has 0 bridgehead atoms. The molecule has 0 saturated carbocycles. The lowest BCUT2D eigenvalue weighted by atomic mass is 10.0. The van der Waals surface area contributed by atoms with Crippen LogP contribution in [-0.2, 0) is 24.4 Å². The molecule has 0 fully saturated rings. The number of amides is 1. The van der Waals surface area contributed by atoms with Gasteiger partial charge in [0.2, 0.25) is 15.7 Å². The van der Waals surface area contributed by atoms with Crippen LogP contribution in [0.5, 0.6) is 0 Å². The third-order valence-electron chi connectivity index (χ3n) is 5.05. The summed E-state index contributed by atoms with van der Waals surface area (Å²) in [5, 5.41) is 25.5. The minimum atomic E-state index is -3.93. The summed E-state index contributed by atoms with van der Waals surface area (Å²) in [6.45, 7) is 3.50. The first-order chi connectivity index (χ1) is 15.3. The molecule has 2 rings (SSSR count). The van der Waals surface area contributed by atoms with E-state index in [2.05, 4.69) is 31.1 Å². The number of carbonyl (C=O) groups is 2. The van der Waals surface area contributed by atoms with Crippen LogP contribution in [0.2, 0.25) is 0 Å². The van der Waals surface area contributed by atoms with Crippen molar-refractivity contribution >= 4 is 27.6 Å². The fraction of sp³-hybridized carbons (Fsp3) is 0.737. The van der Waals surface area contributed by atoms with Crippen LogP contribution in [0.4, 0.5) is 0 Å². The lowest BCUT2D eigenvalue weighted by Gasteiger charge is -2.31. The maximum Gasteiger partial charge on any atom is 0.345 e. The Hall–Kier alpha value is -2.22. The highest BCUT2D eigenvalue weighted by Crippen LogP contribution is 2.17. The first kappa shape index (κ1) is 26.0. The minimum Gasteiger partial charge on any atom is -0.478 e. The zero-order valence-electron chi connectivity index (χ0n) is 18.4. The van der Waals surface area contributed by atoms with Crippen LogP contribution >= 0.6 is 0 Å². The van der Waals surface area contributed by atoms with E-state index in [-0.39, 0.29) is 37.2 Å². The molecule has 0 saturated heterocycles. The topological polar surface area (TPSA) is 170 Å². The van der Waals surface area contributed by atoms with Gasteiger partial charge in [0.1, 0.15) is 18.6 Å². The summed E-state index contributed by atoms with van der Waals surface area (Å²) in [4.78, 5) is 29.5. The van der Waals surface area contributed by atoms with Crippen molar-refractivity contribution in [2.45, 2.75) is 63.8 Å². The standard InChI is InChI=1S/C19H34N6O6S/c1-2-3-14-32(29,30)25-19(17(27)28,23-16(26)15-8-13-31-24-15)9-5-4-6-10-20-18-21-11-7-12-22-18/h7,11,18,20-22,25H,2-6,8-10,12-14H2,1H3,(H,23,26)(H,27,28). The Morgan fingerprint density at radius 3 is 2.75 bits per heavy atom. The Labute approximate surface area is 188 Å². The van der Waals surface area contributed by atoms with Crippen molar-refractivity contribution in [3.05, 3.63) is 12.3 Å². The number of rotatable bonds is 15. The number of hydrogen-bond acceptors (Lipinski definition) is 9. The number of oxime groups is 1. The maximum absolute atomic E-state index is 12.5. The van der Waals surface area contributed by atoms with E-state index in [0.29, 0.717) is 32.2 Å². The summed E-state index contributed by atoms with van der Waals surface area (Å²) in [5.41, 5.74) is -2.12. The Morgan fingerprint density at radius 1 is 1.31 bits per heavy atom. The number of carboxylic acid groups (broad SMARTS) is 1. The second-order valence-electron chi connectivity index (χ2n) is 7.74. The molecule has 2 atom stereocenters. The molecule has 0 aliphatic carbocycles. The number of hydrogen-bond donors (Lipinski definition) is 6. The zero-order valence-corrected chi connectivity index (χ0v) is 19.2. The van der Waals surface area contributed by atoms with E-state index in [0.717, 1.165) is 13.0 Å². The molecule has 0 aromatic carbocycles. The molecular formula is C19H34N6O6S. The van der Waals surface area contributed by atoms with Crippen LogP contribution in [0.25, 0.3) is 0 Å². The predicted molar refractivity (Wildman–Crippen MR) is 119 cm³/mol. The van der Waals surface area contributed by atoms with Crippen molar-refractivity contribution in [1.29, 1.82) is 0 Å². The van der Waals surface area contributed by atoms with E-state index < -0.39 is 27.6 Å². The Balaban J connectivity index is 1.98. The van der Waals surface area contributed by atoms with Crippen LogP contribution in [-0.4, -0.2) is 68.5 Å². The Bertz CT molecular complexity index is 802. The average molecular weight is 475 g/mol. The average Bonchev–Trinajstić information content (AvgIpc) is 3.30. The number of sulfonamides is 1. The summed E-state index contributed by atoms with van der Waals surface area (Å²) < 4.78 is 27.3. The molecule has 32 heavy (non-hydrogen) atoms. The molecule has 2 unspecified atom stereocenters. The summed E-state index contributed by atoms with van der Waals surface area (Å²) in [5.74, 6) is -2.45. The number of nitrogens with one attached hydrogen (secondary N) is 5. The number of unbranched alkanes of at least 4 members (excludes halogenated alkanes) is 3. The van der Waals surface area contributed by atoms with E-state index in [1.807, 2.05) is 19.2 Å². The quantitative estimate of drug-likeness (QED) is 0.135. The normalized spacial score (nSPS) is 20.0. The van der Waals surface area contributed by atoms with Gasteiger partial charge in [-0.3, -0.25) is 15.4 Å². The number of nitrogens with zero attached hydrogens (tertiary/aromatic N) is 1. The molecule has 0 aromatic rings. The van der Waals surface area contributed by atoms with Crippen LogP contribution in [0.1, 0.15) is 51.9 Å². The molecule has 6 N–H and O–H groups in total. The van der Waals surface area contributed by atoms with Crippen LogP contribution < -0.4 is 26.0 Å². The van der Waals surface area contributed by atoms with Gasteiger partial charge in [-0.2, -0.15) is 4.72 Å². The molecule has 12 nitrogen and oxygen atoms in total. The van der Waals surface area contributed by atoms with E-state index >= 15 is 0 Å². The second-order valence-corrected chi connectivity index (χ2v) is 9.58. The minimum absolute atomic E-state index is 0.0304. The first-order valence-electron chi connectivity index (χ1n) is 10.9. The van der Waals surface area contributed by atoms with Gasteiger partial charge in [-0.05, 0) is 38.4 Å². The molecule has 0 radical (unpaired) electrons. The lowest BCUT2D eigenvalue weighted by Crippen LogP contribution is -2.66. The van der Waals surface area contributed by atoms with Crippen LogP contribution in [0.3, 0.4) is 0 Å². The molecule has 2 aliphatic rings. The van der Waals surface area contributed by atoms with E-state index in [4.69, 9.17) is 4.84 Å². The van der Waals surface area contributed by atoms with Crippen LogP contribution in [0.15, 0.2) is 17.4 Å². The monoisotopic (exact) mass is 474 g/mol. The van der Waals surface area contributed by atoms with Crippen molar-refractivity contribution in [3.8, 4) is 0 Å². The molecule has 13 heteroatoms. The van der Waals surface area contributed by atoms with Gasteiger partial charge in [0.15, 0.2) is 0 Å². The first-order valence-corrected chi connectivity index (χ1v) is 12.6.